The first-order valence-corrected chi connectivity index (χ1v) is 17.1. The zero-order valence-electron chi connectivity index (χ0n) is 21.7. The quantitative estimate of drug-likeness (QED) is 0.134. The van der Waals surface area contributed by atoms with Crippen LogP contribution in [0.4, 0.5) is 11.4 Å². The topological polar surface area (TPSA) is 65.2 Å². The van der Waals surface area contributed by atoms with Gasteiger partial charge in [-0.2, -0.15) is 0 Å². The summed E-state index contributed by atoms with van der Waals surface area (Å²) in [4.78, 5) is 9.93. The van der Waals surface area contributed by atoms with Gasteiger partial charge < -0.3 is 10.2 Å². The Hall–Kier alpha value is -2.30. The van der Waals surface area contributed by atoms with Crippen LogP contribution in [0.25, 0.3) is 32.7 Å². The lowest BCUT2D eigenvalue weighted by Crippen LogP contribution is -1.91. The van der Waals surface area contributed by atoms with Crippen LogP contribution in [0.2, 0.25) is 0 Å². The van der Waals surface area contributed by atoms with Crippen molar-refractivity contribution in [2.45, 2.75) is 0 Å². The lowest BCUT2D eigenvalue weighted by Gasteiger charge is -2.16. The Morgan fingerprint density at radius 3 is 1.33 bits per heavy atom. The molecule has 0 unspecified atom stereocenters. The molecular weight excluding hydrogens is 976 g/mol. The summed E-state index contributed by atoms with van der Waals surface area (Å²) in [6.07, 6.45) is 3.46. The molecule has 206 valence electrons. The molecule has 0 atom stereocenters. The number of fused-ring (bicyclic) bond motifs is 2. The molecule has 42 heavy (non-hydrogen) atoms. The number of nitrogens with zero attached hydrogens (tertiary/aromatic N) is 2. The molecule has 0 aliphatic rings. The van der Waals surface area contributed by atoms with E-state index in [2.05, 4.69) is 127 Å². The molecular formula is C34H20I4N2O2. The SMILES string of the molecule is Oc1c(I)cc(I)cc1C=Nc1ccc2ccccc2c1-c1c(N=Cc2cc(I)cc(I)c2O)ccc2ccccc12. The third-order valence-corrected chi connectivity index (χ3v) is 9.76. The summed E-state index contributed by atoms with van der Waals surface area (Å²) < 4.78 is 3.60. The fourth-order valence-electron chi connectivity index (χ4n) is 4.91. The molecule has 0 saturated carbocycles. The monoisotopic (exact) mass is 996 g/mol. The van der Waals surface area contributed by atoms with Gasteiger partial charge in [0.2, 0.25) is 0 Å². The van der Waals surface area contributed by atoms with Crippen molar-refractivity contribution in [3.05, 3.63) is 122 Å². The highest BCUT2D eigenvalue weighted by Gasteiger charge is 2.17. The van der Waals surface area contributed by atoms with E-state index >= 15 is 0 Å². The van der Waals surface area contributed by atoms with E-state index in [1.54, 1.807) is 12.4 Å². The molecule has 0 amide bonds. The van der Waals surface area contributed by atoms with Crippen LogP contribution in [0.5, 0.6) is 11.5 Å². The van der Waals surface area contributed by atoms with Crippen LogP contribution >= 0.6 is 90.4 Å². The van der Waals surface area contributed by atoms with Gasteiger partial charge in [-0.1, -0.05) is 60.7 Å². The van der Waals surface area contributed by atoms with Crippen molar-refractivity contribution in [2.75, 3.05) is 0 Å². The summed E-state index contributed by atoms with van der Waals surface area (Å²) in [7, 11) is 0. The Balaban J connectivity index is 1.63. The zero-order chi connectivity index (χ0) is 29.4. The molecule has 0 aliphatic carbocycles. The highest BCUT2D eigenvalue weighted by atomic mass is 127. The molecule has 0 heterocycles. The largest absolute Gasteiger partial charge is 0.506 e. The summed E-state index contributed by atoms with van der Waals surface area (Å²) >= 11 is 8.78. The Kier molecular flexibility index (Phi) is 9.03. The van der Waals surface area contributed by atoms with E-state index in [0.29, 0.717) is 11.1 Å². The van der Waals surface area contributed by atoms with Gasteiger partial charge in [-0.25, -0.2) is 0 Å². The molecule has 6 aromatic carbocycles. The zero-order valence-corrected chi connectivity index (χ0v) is 30.3. The van der Waals surface area contributed by atoms with Crippen molar-refractivity contribution in [1.29, 1.82) is 0 Å². The second kappa shape index (κ2) is 12.7. The molecule has 0 saturated heterocycles. The molecule has 0 bridgehead atoms. The molecule has 0 spiro atoms. The fourth-order valence-corrected chi connectivity index (χ4v) is 8.69. The minimum Gasteiger partial charge on any atom is -0.506 e. The average molecular weight is 996 g/mol. The van der Waals surface area contributed by atoms with E-state index in [4.69, 9.17) is 9.98 Å². The lowest BCUT2D eigenvalue weighted by atomic mass is 9.91. The van der Waals surface area contributed by atoms with Gasteiger partial charge in [-0.15, -0.1) is 0 Å². The Morgan fingerprint density at radius 2 is 0.905 bits per heavy atom. The van der Waals surface area contributed by atoms with Gasteiger partial charge in [0.15, 0.2) is 0 Å². The van der Waals surface area contributed by atoms with Crippen molar-refractivity contribution in [3.8, 4) is 22.6 Å². The first kappa shape index (κ1) is 29.8. The second-order valence-electron chi connectivity index (χ2n) is 9.53. The van der Waals surface area contributed by atoms with Gasteiger partial charge in [0.1, 0.15) is 11.5 Å². The highest BCUT2D eigenvalue weighted by molar-refractivity contribution is 14.1. The standard InChI is InChI=1S/C34H20I4N2O2/c35-23-13-21(33(41)27(37)15-23)17-39-29-11-9-19-5-1-3-7-25(19)31(29)32-26-8-4-2-6-20(26)10-12-30(32)40-18-22-14-24(36)16-28(38)34(22)42/h1-18,41-42H. The van der Waals surface area contributed by atoms with E-state index in [9.17, 15) is 10.2 Å². The Morgan fingerprint density at radius 1 is 0.500 bits per heavy atom. The van der Waals surface area contributed by atoms with Gasteiger partial charge >= 0.3 is 0 Å². The number of halogens is 4. The number of hydrogen-bond donors (Lipinski definition) is 2. The summed E-state index contributed by atoms with van der Waals surface area (Å²) in [6, 6.07) is 32.4. The molecule has 6 rings (SSSR count). The van der Waals surface area contributed by atoms with E-state index in [1.807, 2.05) is 60.7 Å². The maximum Gasteiger partial charge on any atom is 0.137 e. The predicted octanol–water partition coefficient (Wildman–Crippen LogP) is 11.0. The van der Waals surface area contributed by atoms with Crippen LogP contribution in [0, 0.1) is 14.3 Å². The number of hydrogen-bond acceptors (Lipinski definition) is 4. The van der Waals surface area contributed by atoms with E-state index in [1.165, 1.54) is 0 Å². The van der Waals surface area contributed by atoms with E-state index in [0.717, 1.165) is 58.3 Å². The smallest absolute Gasteiger partial charge is 0.137 e. The normalized spacial score (nSPS) is 11.8. The molecule has 8 heteroatoms. The fraction of sp³-hybridized carbons (Fsp3) is 0. The molecule has 6 aromatic rings. The van der Waals surface area contributed by atoms with Crippen LogP contribution in [0.1, 0.15) is 11.1 Å². The number of phenolic OH excluding ortho intramolecular Hbond substituents is 2. The lowest BCUT2D eigenvalue weighted by molar-refractivity contribution is 0.470. The number of phenols is 2. The summed E-state index contributed by atoms with van der Waals surface area (Å²) in [5.41, 5.74) is 4.75. The third kappa shape index (κ3) is 6.04. The Labute approximate surface area is 297 Å². The number of benzene rings is 6. The highest BCUT2D eigenvalue weighted by Crippen LogP contribution is 2.45. The summed E-state index contributed by atoms with van der Waals surface area (Å²) in [5, 5.41) is 25.8. The molecule has 0 aromatic heterocycles. The molecule has 0 fully saturated rings. The van der Waals surface area contributed by atoms with Crippen molar-refractivity contribution < 1.29 is 10.2 Å². The van der Waals surface area contributed by atoms with Gasteiger partial charge in [0, 0.05) is 41.8 Å². The van der Waals surface area contributed by atoms with Gasteiger partial charge in [0.05, 0.1) is 18.5 Å². The van der Waals surface area contributed by atoms with Crippen molar-refractivity contribution in [2.24, 2.45) is 9.98 Å². The minimum atomic E-state index is 0.212. The van der Waals surface area contributed by atoms with Crippen molar-refractivity contribution in [1.82, 2.24) is 0 Å². The summed E-state index contributed by atoms with van der Waals surface area (Å²) in [6.45, 7) is 0. The maximum atomic E-state index is 10.7. The number of aromatic hydroxyl groups is 2. The summed E-state index contributed by atoms with van der Waals surface area (Å²) in [5.74, 6) is 0.425. The van der Waals surface area contributed by atoms with Crippen LogP contribution in [0.3, 0.4) is 0 Å². The number of rotatable bonds is 5. The molecule has 0 aliphatic heterocycles. The first-order valence-electron chi connectivity index (χ1n) is 12.8. The van der Waals surface area contributed by atoms with Crippen LogP contribution < -0.4 is 0 Å². The van der Waals surface area contributed by atoms with Gasteiger partial charge in [0.25, 0.3) is 0 Å². The molecule has 4 nitrogen and oxygen atoms in total. The molecule has 0 radical (unpaired) electrons. The van der Waals surface area contributed by atoms with E-state index in [-0.39, 0.29) is 11.5 Å². The van der Waals surface area contributed by atoms with Gasteiger partial charge in [-0.3, -0.25) is 9.98 Å². The van der Waals surface area contributed by atoms with Crippen LogP contribution in [0.15, 0.2) is 107 Å². The van der Waals surface area contributed by atoms with Crippen molar-refractivity contribution >= 4 is 136 Å². The van der Waals surface area contributed by atoms with Crippen LogP contribution in [-0.2, 0) is 0 Å². The first-order chi connectivity index (χ1) is 20.3. The molecule has 2 N–H and O–H groups in total. The average Bonchev–Trinajstić information content (AvgIpc) is 2.98. The minimum absolute atomic E-state index is 0.212. The van der Waals surface area contributed by atoms with E-state index < -0.39 is 0 Å². The van der Waals surface area contributed by atoms with Crippen molar-refractivity contribution in [3.63, 3.8) is 0 Å². The van der Waals surface area contributed by atoms with Gasteiger partial charge in [-0.05, 0) is 148 Å². The second-order valence-corrected chi connectivity index (χ2v) is 14.3. The maximum absolute atomic E-state index is 10.7. The third-order valence-electron chi connectivity index (χ3n) is 6.86. The number of aliphatic imine (C=N–C) groups is 2. The Bertz CT molecular complexity index is 1920. The predicted molar refractivity (Wildman–Crippen MR) is 208 cm³/mol. The van der Waals surface area contributed by atoms with Crippen LogP contribution in [-0.4, -0.2) is 22.6 Å².